The van der Waals surface area contributed by atoms with Crippen LogP contribution >= 0.6 is 0 Å². The molecule has 98 valence electrons. The van der Waals surface area contributed by atoms with Gasteiger partial charge in [-0.2, -0.15) is 0 Å². The normalized spacial score (nSPS) is 19.9. The van der Waals surface area contributed by atoms with Crippen molar-refractivity contribution < 1.29 is 0 Å². The van der Waals surface area contributed by atoms with Crippen molar-refractivity contribution in [2.45, 2.75) is 64.5 Å². The van der Waals surface area contributed by atoms with Crippen LogP contribution in [-0.2, 0) is 0 Å². The van der Waals surface area contributed by atoms with E-state index in [9.17, 15) is 0 Å². The van der Waals surface area contributed by atoms with Crippen molar-refractivity contribution in [3.8, 4) is 12.3 Å². The first-order valence-electron chi connectivity index (χ1n) is 7.04. The van der Waals surface area contributed by atoms with Crippen LogP contribution in [-0.4, -0.2) is 36.1 Å². The quantitative estimate of drug-likeness (QED) is 0.713. The average molecular weight is 236 g/mol. The zero-order chi connectivity index (χ0) is 12.7. The standard InChI is InChI=1S/C15H28N2/c1-5-7-11-14(16-6-2)15(3,4)17-12-9-8-10-13-17/h1,14,16H,6-13H2,2-4H3. The number of likely N-dealkylation sites (N-methyl/N-ethyl adjacent to an activating group) is 1. The summed E-state index contributed by atoms with van der Waals surface area (Å²) < 4.78 is 0. The minimum Gasteiger partial charge on any atom is -0.312 e. The summed E-state index contributed by atoms with van der Waals surface area (Å²) in [5.41, 5.74) is 0.216. The SMILES string of the molecule is C#CCCC(NCC)C(C)(C)N1CCCCC1. The van der Waals surface area contributed by atoms with Crippen molar-refractivity contribution in [3.63, 3.8) is 0 Å². The predicted molar refractivity (Wildman–Crippen MR) is 75.0 cm³/mol. The van der Waals surface area contributed by atoms with Gasteiger partial charge in [0.1, 0.15) is 0 Å². The summed E-state index contributed by atoms with van der Waals surface area (Å²) in [7, 11) is 0. The van der Waals surface area contributed by atoms with E-state index in [2.05, 4.69) is 36.9 Å². The largest absolute Gasteiger partial charge is 0.312 e. The fourth-order valence-corrected chi connectivity index (χ4v) is 2.87. The first kappa shape index (κ1) is 14.5. The Morgan fingerprint density at radius 1 is 1.29 bits per heavy atom. The molecule has 0 aromatic rings. The molecule has 1 heterocycles. The monoisotopic (exact) mass is 236 g/mol. The van der Waals surface area contributed by atoms with Crippen LogP contribution in [0.1, 0.15) is 52.9 Å². The first-order valence-corrected chi connectivity index (χ1v) is 7.04. The number of piperidine rings is 1. The summed E-state index contributed by atoms with van der Waals surface area (Å²) in [5, 5.41) is 3.62. The van der Waals surface area contributed by atoms with Gasteiger partial charge in [-0.15, -0.1) is 12.3 Å². The van der Waals surface area contributed by atoms with E-state index in [1.54, 1.807) is 0 Å². The molecule has 1 N–H and O–H groups in total. The van der Waals surface area contributed by atoms with Gasteiger partial charge in [0.15, 0.2) is 0 Å². The molecule has 0 spiro atoms. The highest BCUT2D eigenvalue weighted by molar-refractivity contribution is 4.97. The van der Waals surface area contributed by atoms with E-state index >= 15 is 0 Å². The molecule has 0 saturated carbocycles. The molecule has 2 heteroatoms. The van der Waals surface area contributed by atoms with Crippen LogP contribution in [0.3, 0.4) is 0 Å². The van der Waals surface area contributed by atoms with Gasteiger partial charge in [-0.25, -0.2) is 0 Å². The Kier molecular flexibility index (Phi) is 6.02. The molecule has 0 radical (unpaired) electrons. The van der Waals surface area contributed by atoms with E-state index < -0.39 is 0 Å². The van der Waals surface area contributed by atoms with Crippen molar-refractivity contribution in [1.82, 2.24) is 10.2 Å². The second-order valence-corrected chi connectivity index (χ2v) is 5.55. The summed E-state index contributed by atoms with van der Waals surface area (Å²) in [6.07, 6.45) is 11.4. The van der Waals surface area contributed by atoms with Crippen molar-refractivity contribution in [3.05, 3.63) is 0 Å². The Bertz CT molecular complexity index is 246. The van der Waals surface area contributed by atoms with Gasteiger partial charge in [0.2, 0.25) is 0 Å². The van der Waals surface area contributed by atoms with Crippen LogP contribution < -0.4 is 5.32 Å². The Balaban J connectivity index is 2.63. The number of nitrogens with one attached hydrogen (secondary N) is 1. The molecule has 1 aliphatic heterocycles. The van der Waals surface area contributed by atoms with E-state index in [0.29, 0.717) is 6.04 Å². The molecule has 0 bridgehead atoms. The smallest absolute Gasteiger partial charge is 0.0306 e. The predicted octanol–water partition coefficient (Wildman–Crippen LogP) is 2.64. The van der Waals surface area contributed by atoms with E-state index in [4.69, 9.17) is 6.42 Å². The highest BCUT2D eigenvalue weighted by Gasteiger charge is 2.34. The van der Waals surface area contributed by atoms with Crippen LogP contribution in [0.4, 0.5) is 0 Å². The van der Waals surface area contributed by atoms with Gasteiger partial charge in [0.25, 0.3) is 0 Å². The third kappa shape index (κ3) is 4.01. The number of likely N-dealkylation sites (tertiary alicyclic amines) is 1. The van der Waals surface area contributed by atoms with E-state index in [1.807, 2.05) is 0 Å². The molecule has 1 fully saturated rings. The minimum atomic E-state index is 0.216. The third-order valence-corrected chi connectivity index (χ3v) is 4.05. The van der Waals surface area contributed by atoms with Gasteiger partial charge < -0.3 is 5.32 Å². The molecule has 0 aromatic heterocycles. The van der Waals surface area contributed by atoms with E-state index in [0.717, 1.165) is 19.4 Å². The molecule has 2 nitrogen and oxygen atoms in total. The second kappa shape index (κ2) is 7.03. The van der Waals surface area contributed by atoms with Gasteiger partial charge in [0.05, 0.1) is 0 Å². The number of terminal acetylenes is 1. The highest BCUT2D eigenvalue weighted by atomic mass is 15.2. The molecule has 1 atom stereocenters. The highest BCUT2D eigenvalue weighted by Crippen LogP contribution is 2.26. The maximum atomic E-state index is 5.40. The van der Waals surface area contributed by atoms with Crippen LogP contribution in [0.2, 0.25) is 0 Å². The Hall–Kier alpha value is -0.520. The number of rotatable bonds is 6. The fourth-order valence-electron chi connectivity index (χ4n) is 2.87. The van der Waals surface area contributed by atoms with Gasteiger partial charge >= 0.3 is 0 Å². The molecule has 1 saturated heterocycles. The molecule has 0 aliphatic carbocycles. The van der Waals surface area contributed by atoms with Gasteiger partial charge in [-0.3, -0.25) is 4.90 Å². The lowest BCUT2D eigenvalue weighted by Crippen LogP contribution is -2.58. The zero-order valence-electron chi connectivity index (χ0n) is 11.8. The lowest BCUT2D eigenvalue weighted by Gasteiger charge is -2.46. The minimum absolute atomic E-state index is 0.216. The van der Waals surface area contributed by atoms with Gasteiger partial charge in [-0.05, 0) is 52.7 Å². The van der Waals surface area contributed by atoms with Crippen molar-refractivity contribution >= 4 is 0 Å². The summed E-state index contributed by atoms with van der Waals surface area (Å²) in [5.74, 6) is 2.77. The Morgan fingerprint density at radius 2 is 1.94 bits per heavy atom. The van der Waals surface area contributed by atoms with Crippen LogP contribution in [0.5, 0.6) is 0 Å². The summed E-state index contributed by atoms with van der Waals surface area (Å²) in [4.78, 5) is 2.64. The average Bonchev–Trinajstić information content (AvgIpc) is 2.35. The zero-order valence-corrected chi connectivity index (χ0v) is 11.8. The van der Waals surface area contributed by atoms with E-state index in [1.165, 1.54) is 32.4 Å². The molecular formula is C15H28N2. The van der Waals surface area contributed by atoms with Gasteiger partial charge in [-0.1, -0.05) is 13.3 Å². The molecule has 0 amide bonds. The Morgan fingerprint density at radius 3 is 2.47 bits per heavy atom. The lowest BCUT2D eigenvalue weighted by atomic mass is 9.87. The topological polar surface area (TPSA) is 15.3 Å². The third-order valence-electron chi connectivity index (χ3n) is 4.05. The lowest BCUT2D eigenvalue weighted by molar-refractivity contribution is 0.0592. The van der Waals surface area contributed by atoms with Gasteiger partial charge in [0, 0.05) is 18.0 Å². The maximum absolute atomic E-state index is 5.40. The molecule has 1 unspecified atom stereocenters. The molecule has 17 heavy (non-hydrogen) atoms. The van der Waals surface area contributed by atoms with Crippen LogP contribution in [0.25, 0.3) is 0 Å². The number of nitrogens with zero attached hydrogens (tertiary/aromatic N) is 1. The number of hydrogen-bond acceptors (Lipinski definition) is 2. The first-order chi connectivity index (χ1) is 8.12. The summed E-state index contributed by atoms with van der Waals surface area (Å²) in [6, 6.07) is 0.502. The second-order valence-electron chi connectivity index (χ2n) is 5.55. The maximum Gasteiger partial charge on any atom is 0.0306 e. The summed E-state index contributed by atoms with van der Waals surface area (Å²) >= 11 is 0. The van der Waals surface area contributed by atoms with Crippen LogP contribution in [0.15, 0.2) is 0 Å². The Labute approximate surface area is 107 Å². The fraction of sp³-hybridized carbons (Fsp3) is 0.867. The molecule has 1 aliphatic rings. The van der Waals surface area contributed by atoms with E-state index in [-0.39, 0.29) is 5.54 Å². The molecular weight excluding hydrogens is 208 g/mol. The van der Waals surface area contributed by atoms with Crippen molar-refractivity contribution in [1.29, 1.82) is 0 Å². The molecule has 1 rings (SSSR count). The van der Waals surface area contributed by atoms with Crippen molar-refractivity contribution in [2.24, 2.45) is 0 Å². The van der Waals surface area contributed by atoms with Crippen molar-refractivity contribution in [2.75, 3.05) is 19.6 Å². The molecule has 0 aromatic carbocycles. The summed E-state index contributed by atoms with van der Waals surface area (Å²) in [6.45, 7) is 10.4. The number of hydrogen-bond donors (Lipinski definition) is 1. The van der Waals surface area contributed by atoms with Crippen LogP contribution in [0, 0.1) is 12.3 Å².